The highest BCUT2D eigenvalue weighted by Gasteiger charge is 2.07. The zero-order valence-corrected chi connectivity index (χ0v) is 7.57. The van der Waals surface area contributed by atoms with Crippen molar-refractivity contribution in [2.24, 2.45) is 0 Å². The maximum atomic E-state index is 8.24. The molecule has 1 rings (SSSR count). The van der Waals surface area contributed by atoms with Crippen molar-refractivity contribution in [3.63, 3.8) is 0 Å². The third-order valence-corrected chi connectivity index (χ3v) is 1.65. The minimum absolute atomic E-state index is 0.166. The van der Waals surface area contributed by atoms with Crippen molar-refractivity contribution in [3.05, 3.63) is 28.0 Å². The molecule has 1 aromatic rings. The van der Waals surface area contributed by atoms with Gasteiger partial charge < -0.3 is 0 Å². The molecule has 0 saturated carbocycles. The van der Waals surface area contributed by atoms with Gasteiger partial charge in [0, 0.05) is 32.8 Å². The van der Waals surface area contributed by atoms with Crippen molar-refractivity contribution in [2.75, 3.05) is 0 Å². The Kier molecular flexibility index (Phi) is 0.791. The van der Waals surface area contributed by atoms with Crippen LogP contribution in [0.5, 0.6) is 0 Å². The van der Waals surface area contributed by atoms with Crippen LogP contribution in [0.4, 0.5) is 0 Å². The number of rotatable bonds is 2. The normalized spacial score (nSPS) is 34.8. The summed E-state index contributed by atoms with van der Waals surface area (Å²) < 4.78 is 91.0. The van der Waals surface area contributed by atoms with E-state index in [2.05, 4.69) is 20.9 Å². The van der Waals surface area contributed by atoms with Crippen LogP contribution < -0.4 is 0 Å². The largest absolute Gasteiger partial charge is 0.260 e. The fraction of sp³-hybridized carbons (Fsp3) is 0.500. The van der Waals surface area contributed by atoms with Gasteiger partial charge in [-0.25, -0.2) is 0 Å². The summed E-state index contributed by atoms with van der Waals surface area (Å²) in [5, 5.41) is 0. The van der Waals surface area contributed by atoms with Crippen molar-refractivity contribution in [2.45, 2.75) is 32.8 Å². The van der Waals surface area contributed by atoms with Crippen LogP contribution in [0, 0.1) is 6.85 Å². The van der Waals surface area contributed by atoms with Crippen molar-refractivity contribution < 1.29 is 16.4 Å². The summed E-state index contributed by atoms with van der Waals surface area (Å²) in [6.07, 6.45) is -2.60. The number of aromatic nitrogens is 1. The van der Waals surface area contributed by atoms with E-state index in [0.29, 0.717) is 0 Å². The van der Waals surface area contributed by atoms with Gasteiger partial charge in [0.15, 0.2) is 0 Å². The lowest BCUT2D eigenvalue weighted by Gasteiger charge is -2.10. The highest BCUT2D eigenvalue weighted by atomic mass is 79.9. The molecule has 66 valence electrons. The van der Waals surface area contributed by atoms with E-state index in [1.54, 1.807) is 0 Å². The number of hydrogen-bond acceptors (Lipinski definition) is 1. The summed E-state index contributed by atoms with van der Waals surface area (Å²) in [5.41, 5.74) is -1.65. The third kappa shape index (κ3) is 2.07. The predicted octanol–water partition coefficient (Wildman–Crippen LogP) is 3.67. The number of nitrogens with zero attached hydrogens (tertiary/aromatic N) is 1. The molecule has 0 fully saturated rings. The Morgan fingerprint density at radius 1 is 1.92 bits per heavy atom. The zero-order valence-electron chi connectivity index (χ0n) is 18.0. The molecule has 0 saturated heterocycles. The summed E-state index contributed by atoms with van der Waals surface area (Å²) >= 11 is 2.98. The van der Waals surface area contributed by atoms with Crippen molar-refractivity contribution in [1.29, 1.82) is 0 Å². The van der Waals surface area contributed by atoms with Gasteiger partial charge in [-0.2, -0.15) is 0 Å². The first-order valence-electron chi connectivity index (χ1n) is 9.04. The van der Waals surface area contributed by atoms with E-state index < -0.39 is 44.1 Å². The Bertz CT molecular complexity index is 616. The standard InChI is InChI=1S/C10H14BrN/c1-4-7(2)10-8(3)5-9(11)6-12-10/h5-7H,4H2,1-3H3/i1D3,2D3,3D3,4D2,7D. The molecule has 0 amide bonds. The molecule has 1 atom stereocenters. The SMILES string of the molecule is [2H]C([2H])([2H])c1cc(Br)cnc1C([2H])(C([2H])([2H])[2H])C([2H])([2H])C([2H])([2H])[2H]. The molecule has 1 heterocycles. The van der Waals surface area contributed by atoms with Crippen molar-refractivity contribution in [1.82, 2.24) is 4.98 Å². The molecule has 1 nitrogen and oxygen atoms in total. The molecule has 0 aromatic carbocycles. The summed E-state index contributed by atoms with van der Waals surface area (Å²) in [4.78, 5) is 3.62. The highest BCUT2D eigenvalue weighted by molar-refractivity contribution is 9.10. The highest BCUT2D eigenvalue weighted by Crippen LogP contribution is 2.22. The number of hydrogen-bond donors (Lipinski definition) is 0. The van der Waals surface area contributed by atoms with Gasteiger partial charge in [0.2, 0.25) is 0 Å². The van der Waals surface area contributed by atoms with Crippen LogP contribution in [0.25, 0.3) is 0 Å². The van der Waals surface area contributed by atoms with Gasteiger partial charge >= 0.3 is 0 Å². The van der Waals surface area contributed by atoms with Crippen LogP contribution in [0.1, 0.15) is 53.7 Å². The molecule has 0 radical (unpaired) electrons. The first-order chi connectivity index (χ1) is 10.4. The smallest absolute Gasteiger partial charge is 0.0461 e. The summed E-state index contributed by atoms with van der Waals surface area (Å²) in [6.45, 7) is -9.91. The molecule has 12 heavy (non-hydrogen) atoms. The Morgan fingerprint density at radius 2 is 2.83 bits per heavy atom. The van der Waals surface area contributed by atoms with E-state index in [-0.39, 0.29) is 4.47 Å². The van der Waals surface area contributed by atoms with Gasteiger partial charge in [0.05, 0.1) is 0 Å². The summed E-state index contributed by atoms with van der Waals surface area (Å²) in [7, 11) is 0. The second-order valence-corrected chi connectivity index (χ2v) is 2.97. The molecule has 0 spiro atoms. The van der Waals surface area contributed by atoms with Crippen LogP contribution >= 0.6 is 15.9 Å². The Labute approximate surface area is 99.2 Å². The van der Waals surface area contributed by atoms with E-state index in [9.17, 15) is 0 Å². The van der Waals surface area contributed by atoms with Crippen LogP contribution in [0.2, 0.25) is 0 Å². The maximum Gasteiger partial charge on any atom is 0.0461 e. The van der Waals surface area contributed by atoms with Gasteiger partial charge in [-0.05, 0) is 46.7 Å². The molecule has 1 unspecified atom stereocenters. The van der Waals surface area contributed by atoms with Crippen LogP contribution in [-0.2, 0) is 0 Å². The molecule has 1 aromatic heterocycles. The average molecular weight is 240 g/mol. The molecule has 0 aliphatic carbocycles. The molecule has 2 heteroatoms. The summed E-state index contributed by atoms with van der Waals surface area (Å²) in [6, 6.07) is 0.986. The molecular formula is C10H14BrN. The van der Waals surface area contributed by atoms with Crippen LogP contribution in [-0.4, -0.2) is 4.98 Å². The topological polar surface area (TPSA) is 12.9 Å². The van der Waals surface area contributed by atoms with Gasteiger partial charge in [0.25, 0.3) is 0 Å². The molecule has 0 aliphatic heterocycles. The van der Waals surface area contributed by atoms with Gasteiger partial charge in [-0.3, -0.25) is 4.98 Å². The first-order valence-corrected chi connectivity index (χ1v) is 3.83. The van der Waals surface area contributed by atoms with Crippen LogP contribution in [0.15, 0.2) is 16.7 Å². The quantitative estimate of drug-likeness (QED) is 0.768. The third-order valence-electron chi connectivity index (χ3n) is 1.22. The second kappa shape index (κ2) is 4.04. The van der Waals surface area contributed by atoms with Crippen LogP contribution in [0.3, 0.4) is 0 Å². The molecule has 0 aliphatic rings. The predicted molar refractivity (Wildman–Crippen MR) is 55.4 cm³/mol. The molecule has 0 bridgehead atoms. The zero-order chi connectivity index (χ0) is 19.4. The van der Waals surface area contributed by atoms with E-state index in [4.69, 9.17) is 16.4 Å². The van der Waals surface area contributed by atoms with Crippen molar-refractivity contribution in [3.8, 4) is 0 Å². The second-order valence-electron chi connectivity index (χ2n) is 2.05. The van der Waals surface area contributed by atoms with E-state index >= 15 is 0 Å². The Hall–Kier alpha value is -0.370. The number of aryl methyl sites for hydroxylation is 1. The van der Waals surface area contributed by atoms with Crippen molar-refractivity contribution >= 4 is 15.9 Å². The monoisotopic (exact) mass is 239 g/mol. The van der Waals surface area contributed by atoms with E-state index in [1.165, 1.54) is 0 Å². The molecular weight excluding hydrogens is 214 g/mol. The Morgan fingerprint density at radius 3 is 3.50 bits per heavy atom. The fourth-order valence-electron chi connectivity index (χ4n) is 0.698. The first kappa shape index (κ1) is 2.35. The maximum absolute atomic E-state index is 8.24. The minimum Gasteiger partial charge on any atom is -0.260 e. The number of pyridine rings is 1. The van der Waals surface area contributed by atoms with Gasteiger partial charge in [-0.15, -0.1) is 0 Å². The number of halogens is 1. The van der Waals surface area contributed by atoms with E-state index in [1.807, 2.05) is 0 Å². The summed E-state index contributed by atoms with van der Waals surface area (Å²) in [5.74, 6) is -3.42. The lowest BCUT2D eigenvalue weighted by molar-refractivity contribution is 0.701. The average Bonchev–Trinajstić information content (AvgIpc) is 2.33. The Balaban J connectivity index is 3.93. The van der Waals surface area contributed by atoms with E-state index in [0.717, 1.165) is 12.3 Å². The lowest BCUT2D eigenvalue weighted by Crippen LogP contribution is -1.98. The van der Waals surface area contributed by atoms with Gasteiger partial charge in [0.1, 0.15) is 0 Å². The lowest BCUT2D eigenvalue weighted by atomic mass is 10.0. The molecule has 0 N–H and O–H groups in total. The van der Waals surface area contributed by atoms with Gasteiger partial charge in [-0.1, -0.05) is 13.7 Å². The minimum atomic E-state index is -3.59. The fourth-order valence-corrected chi connectivity index (χ4v) is 1.03.